The Morgan fingerprint density at radius 2 is 2.33 bits per heavy atom. The van der Waals surface area contributed by atoms with Crippen LogP contribution in [-0.2, 0) is 4.79 Å². The van der Waals surface area contributed by atoms with Crippen LogP contribution in [0.15, 0.2) is 11.8 Å². The van der Waals surface area contributed by atoms with Crippen molar-refractivity contribution in [2.45, 2.75) is 13.3 Å². The highest BCUT2D eigenvalue weighted by molar-refractivity contribution is 5.91. The van der Waals surface area contributed by atoms with Gasteiger partial charge in [0.05, 0.1) is 5.70 Å². The number of primary amides is 1. The lowest BCUT2D eigenvalue weighted by atomic mass is 10.3. The SMILES string of the molecule is CC/C=C(/NC)C(N)=O. The molecule has 0 aromatic heterocycles. The van der Waals surface area contributed by atoms with Crippen LogP contribution in [0.3, 0.4) is 0 Å². The molecule has 0 fully saturated rings. The molecule has 0 heterocycles. The van der Waals surface area contributed by atoms with Gasteiger partial charge in [-0.15, -0.1) is 0 Å². The highest BCUT2D eigenvalue weighted by Gasteiger charge is 1.97. The Bertz CT molecular complexity index is 129. The van der Waals surface area contributed by atoms with Crippen LogP contribution in [0.4, 0.5) is 0 Å². The Kier molecular flexibility index (Phi) is 3.51. The fourth-order valence-corrected chi connectivity index (χ4v) is 0.530. The molecule has 0 aromatic carbocycles. The molecule has 0 unspecified atom stereocenters. The van der Waals surface area contributed by atoms with Crippen LogP contribution in [0, 0.1) is 0 Å². The fourth-order valence-electron chi connectivity index (χ4n) is 0.530. The summed E-state index contributed by atoms with van der Waals surface area (Å²) >= 11 is 0. The van der Waals surface area contributed by atoms with Crippen molar-refractivity contribution in [2.24, 2.45) is 5.73 Å². The highest BCUT2D eigenvalue weighted by atomic mass is 16.1. The van der Waals surface area contributed by atoms with Crippen LogP contribution >= 0.6 is 0 Å². The van der Waals surface area contributed by atoms with Crippen molar-refractivity contribution in [3.8, 4) is 0 Å². The van der Waals surface area contributed by atoms with Crippen LogP contribution in [0.5, 0.6) is 0 Å². The third kappa shape index (κ3) is 2.74. The van der Waals surface area contributed by atoms with Gasteiger partial charge >= 0.3 is 0 Å². The van der Waals surface area contributed by atoms with Gasteiger partial charge < -0.3 is 11.1 Å². The molecule has 52 valence electrons. The van der Waals surface area contributed by atoms with Gasteiger partial charge in [-0.25, -0.2) is 0 Å². The quantitative estimate of drug-likeness (QED) is 0.525. The lowest BCUT2D eigenvalue weighted by Gasteiger charge is -1.98. The zero-order valence-corrected chi connectivity index (χ0v) is 5.77. The van der Waals surface area contributed by atoms with Crippen LogP contribution < -0.4 is 11.1 Å². The van der Waals surface area contributed by atoms with Crippen LogP contribution in [0.1, 0.15) is 13.3 Å². The number of nitrogens with one attached hydrogen (secondary N) is 1. The maximum atomic E-state index is 10.4. The third-order valence-corrected chi connectivity index (χ3v) is 0.943. The summed E-state index contributed by atoms with van der Waals surface area (Å²) in [5, 5.41) is 2.69. The van der Waals surface area contributed by atoms with Gasteiger partial charge in [0.1, 0.15) is 0 Å². The van der Waals surface area contributed by atoms with Crippen LogP contribution in [0.25, 0.3) is 0 Å². The Balaban J connectivity index is 3.98. The van der Waals surface area contributed by atoms with Gasteiger partial charge in [0, 0.05) is 7.05 Å². The first-order valence-corrected chi connectivity index (χ1v) is 2.90. The highest BCUT2D eigenvalue weighted by Crippen LogP contribution is 1.87. The molecule has 3 nitrogen and oxygen atoms in total. The number of carbonyl (C=O) groups excluding carboxylic acids is 1. The van der Waals surface area contributed by atoms with Gasteiger partial charge in [-0.2, -0.15) is 0 Å². The molecular formula is C6H12N2O. The third-order valence-electron chi connectivity index (χ3n) is 0.943. The summed E-state index contributed by atoms with van der Waals surface area (Å²) in [4.78, 5) is 10.4. The molecule has 0 saturated carbocycles. The van der Waals surface area contributed by atoms with Crippen LogP contribution in [0.2, 0.25) is 0 Å². The first kappa shape index (κ1) is 8.01. The predicted octanol–water partition coefficient (Wildman–Crippen LogP) is -0.0150. The zero-order valence-electron chi connectivity index (χ0n) is 5.77. The summed E-state index contributed by atoms with van der Waals surface area (Å²) in [5.41, 5.74) is 5.45. The van der Waals surface area contributed by atoms with E-state index < -0.39 is 5.91 Å². The molecule has 0 spiro atoms. The smallest absolute Gasteiger partial charge is 0.264 e. The van der Waals surface area contributed by atoms with E-state index in [0.29, 0.717) is 5.70 Å². The topological polar surface area (TPSA) is 55.1 Å². The average molecular weight is 128 g/mol. The summed E-state index contributed by atoms with van der Waals surface area (Å²) in [6.07, 6.45) is 2.57. The molecule has 3 N–H and O–H groups in total. The lowest BCUT2D eigenvalue weighted by molar-refractivity contribution is -0.114. The number of rotatable bonds is 3. The minimum atomic E-state index is -0.403. The molecule has 0 rings (SSSR count). The molecular weight excluding hydrogens is 116 g/mol. The van der Waals surface area contributed by atoms with Crippen molar-refractivity contribution in [1.29, 1.82) is 0 Å². The first-order chi connectivity index (χ1) is 4.22. The number of carbonyl (C=O) groups is 1. The van der Waals surface area contributed by atoms with E-state index in [1.54, 1.807) is 13.1 Å². The van der Waals surface area contributed by atoms with Crippen molar-refractivity contribution in [2.75, 3.05) is 7.05 Å². The molecule has 9 heavy (non-hydrogen) atoms. The number of amides is 1. The van der Waals surface area contributed by atoms with E-state index in [0.717, 1.165) is 6.42 Å². The molecule has 3 heteroatoms. The molecule has 0 saturated heterocycles. The molecule has 0 bridgehead atoms. The molecule has 0 aliphatic rings. The molecule has 0 aromatic rings. The molecule has 0 aliphatic carbocycles. The monoisotopic (exact) mass is 128 g/mol. The van der Waals surface area contributed by atoms with Crippen LogP contribution in [-0.4, -0.2) is 13.0 Å². The number of nitrogens with two attached hydrogens (primary N) is 1. The summed E-state index contributed by atoms with van der Waals surface area (Å²) in [7, 11) is 1.67. The fraction of sp³-hybridized carbons (Fsp3) is 0.500. The largest absolute Gasteiger partial charge is 0.384 e. The minimum Gasteiger partial charge on any atom is -0.384 e. The number of hydrogen-bond donors (Lipinski definition) is 2. The summed E-state index contributed by atoms with van der Waals surface area (Å²) < 4.78 is 0. The van der Waals surface area contributed by atoms with Crippen molar-refractivity contribution >= 4 is 5.91 Å². The molecule has 1 amide bonds. The Morgan fingerprint density at radius 1 is 1.78 bits per heavy atom. The summed E-state index contributed by atoms with van der Waals surface area (Å²) in [6.45, 7) is 1.94. The van der Waals surface area contributed by atoms with Gasteiger partial charge in [-0.1, -0.05) is 13.0 Å². The maximum Gasteiger partial charge on any atom is 0.264 e. The maximum absolute atomic E-state index is 10.4. The van der Waals surface area contributed by atoms with Gasteiger partial charge in [0.25, 0.3) is 5.91 Å². The van der Waals surface area contributed by atoms with Crippen molar-refractivity contribution in [3.63, 3.8) is 0 Å². The zero-order chi connectivity index (χ0) is 7.28. The number of hydrogen-bond acceptors (Lipinski definition) is 2. The van der Waals surface area contributed by atoms with E-state index in [4.69, 9.17) is 5.73 Å². The summed E-state index contributed by atoms with van der Waals surface area (Å²) in [5.74, 6) is -0.403. The van der Waals surface area contributed by atoms with Gasteiger partial charge in [0.2, 0.25) is 0 Å². The Labute approximate surface area is 54.9 Å². The van der Waals surface area contributed by atoms with Gasteiger partial charge in [-0.3, -0.25) is 4.79 Å². The van der Waals surface area contributed by atoms with Crippen molar-refractivity contribution < 1.29 is 4.79 Å². The average Bonchev–Trinajstić information content (AvgIpc) is 1.82. The Morgan fingerprint density at radius 3 is 2.44 bits per heavy atom. The van der Waals surface area contributed by atoms with Gasteiger partial charge in [-0.05, 0) is 6.42 Å². The summed E-state index contributed by atoms with van der Waals surface area (Å²) in [6, 6.07) is 0. The first-order valence-electron chi connectivity index (χ1n) is 2.90. The number of likely N-dealkylation sites (N-methyl/N-ethyl adjacent to an activating group) is 1. The second-order valence-electron chi connectivity index (χ2n) is 1.64. The van der Waals surface area contributed by atoms with Gasteiger partial charge in [0.15, 0.2) is 0 Å². The second-order valence-corrected chi connectivity index (χ2v) is 1.64. The van der Waals surface area contributed by atoms with Crippen molar-refractivity contribution in [1.82, 2.24) is 5.32 Å². The second kappa shape index (κ2) is 3.95. The van der Waals surface area contributed by atoms with E-state index in [1.807, 2.05) is 6.92 Å². The normalized spacial score (nSPS) is 11.1. The van der Waals surface area contributed by atoms with E-state index >= 15 is 0 Å². The van der Waals surface area contributed by atoms with Crippen molar-refractivity contribution in [3.05, 3.63) is 11.8 Å². The van der Waals surface area contributed by atoms with E-state index in [2.05, 4.69) is 5.32 Å². The Hall–Kier alpha value is -0.990. The molecule has 0 atom stereocenters. The molecule has 0 aliphatic heterocycles. The van der Waals surface area contributed by atoms with E-state index in [9.17, 15) is 4.79 Å². The van der Waals surface area contributed by atoms with E-state index in [-0.39, 0.29) is 0 Å². The minimum absolute atomic E-state index is 0.403. The number of allylic oxidation sites excluding steroid dienone is 1. The van der Waals surface area contributed by atoms with E-state index in [1.165, 1.54) is 0 Å². The predicted molar refractivity (Wildman–Crippen MR) is 36.6 cm³/mol. The lowest BCUT2D eigenvalue weighted by Crippen LogP contribution is -2.23. The molecule has 0 radical (unpaired) electrons. The standard InChI is InChI=1S/C6H12N2O/c1-3-4-5(8-2)6(7)9/h4,8H,3H2,1-2H3,(H2,7,9)/b5-4+.